The van der Waals surface area contributed by atoms with Crippen molar-refractivity contribution in [3.8, 4) is 0 Å². The van der Waals surface area contributed by atoms with Gasteiger partial charge >= 0.3 is 0 Å². The molecule has 3 saturated heterocycles. The highest BCUT2D eigenvalue weighted by Crippen LogP contribution is 2.35. The van der Waals surface area contributed by atoms with Crippen molar-refractivity contribution >= 4 is 0 Å². The summed E-state index contributed by atoms with van der Waals surface area (Å²) < 4.78 is 18.0. The Labute approximate surface area is 157 Å². The molecule has 0 aromatic rings. The molecule has 4 bridgehead atoms. The van der Waals surface area contributed by atoms with Gasteiger partial charge in [-0.25, -0.2) is 0 Å². The van der Waals surface area contributed by atoms with E-state index in [1.54, 1.807) is 0 Å². The summed E-state index contributed by atoms with van der Waals surface area (Å²) in [7, 11) is 1.84. The Morgan fingerprint density at radius 2 is 1.92 bits per heavy atom. The Morgan fingerprint density at radius 3 is 2.81 bits per heavy atom. The fourth-order valence-electron chi connectivity index (χ4n) is 5.32. The maximum atomic E-state index is 6.39. The van der Waals surface area contributed by atoms with Gasteiger partial charge in [0.15, 0.2) is 0 Å². The molecule has 4 fully saturated rings. The van der Waals surface area contributed by atoms with Crippen LogP contribution in [-0.2, 0) is 14.2 Å². The molecule has 4 rings (SSSR count). The molecule has 1 aliphatic carbocycles. The molecule has 0 radical (unpaired) electrons. The summed E-state index contributed by atoms with van der Waals surface area (Å²) in [5.74, 6) is 0.610. The monoisotopic (exact) mass is 368 g/mol. The summed E-state index contributed by atoms with van der Waals surface area (Å²) in [4.78, 5) is 0. The third kappa shape index (κ3) is 4.41. The second-order valence-corrected chi connectivity index (χ2v) is 8.57. The summed E-state index contributed by atoms with van der Waals surface area (Å²) >= 11 is 0. The lowest BCUT2D eigenvalue weighted by atomic mass is 9.76. The third-order valence-corrected chi connectivity index (χ3v) is 6.70. The van der Waals surface area contributed by atoms with Gasteiger partial charge in [0.1, 0.15) is 0 Å². The van der Waals surface area contributed by atoms with E-state index in [-0.39, 0.29) is 0 Å². The average Bonchev–Trinajstić information content (AvgIpc) is 3.07. The number of fused-ring (bicyclic) bond motifs is 4. The smallest absolute Gasteiger partial charge is 0.0966 e. The Balaban J connectivity index is 1.49. The van der Waals surface area contributed by atoms with Gasteiger partial charge in [0, 0.05) is 31.3 Å². The topological polar surface area (TPSA) is 75.8 Å². The van der Waals surface area contributed by atoms with Crippen LogP contribution in [0.15, 0.2) is 0 Å². The van der Waals surface area contributed by atoms with E-state index in [2.05, 4.69) is 28.4 Å². The van der Waals surface area contributed by atoms with Crippen molar-refractivity contribution in [2.45, 2.75) is 87.9 Å². The van der Waals surface area contributed by atoms with Crippen molar-refractivity contribution in [2.75, 3.05) is 27.0 Å². The van der Waals surface area contributed by atoms with Gasteiger partial charge in [-0.1, -0.05) is 0 Å². The molecule has 4 N–H and O–H groups in total. The summed E-state index contributed by atoms with van der Waals surface area (Å²) in [6, 6.07) is 1.73. The number of hydrogen-bond donors (Lipinski definition) is 4. The molecule has 26 heavy (non-hydrogen) atoms. The van der Waals surface area contributed by atoms with Gasteiger partial charge in [0.05, 0.1) is 31.6 Å². The summed E-state index contributed by atoms with van der Waals surface area (Å²) in [5.41, 5.74) is 7.18. The lowest BCUT2D eigenvalue weighted by molar-refractivity contribution is -0.0404. The van der Waals surface area contributed by atoms with Crippen molar-refractivity contribution in [1.29, 1.82) is 0 Å². The molecule has 0 spiro atoms. The first-order valence-electron chi connectivity index (χ1n) is 10.5. The molecular weight excluding hydrogens is 332 g/mol. The van der Waals surface area contributed by atoms with Gasteiger partial charge in [-0.15, -0.1) is 0 Å². The Morgan fingerprint density at radius 1 is 1.00 bits per heavy atom. The predicted molar refractivity (Wildman–Crippen MR) is 99.7 cm³/mol. The van der Waals surface area contributed by atoms with Crippen LogP contribution < -0.4 is 21.5 Å². The van der Waals surface area contributed by atoms with Crippen LogP contribution in [0, 0.1) is 5.92 Å². The molecule has 3 aliphatic heterocycles. The lowest BCUT2D eigenvalue weighted by Crippen LogP contribution is -2.59. The molecule has 8 atom stereocenters. The minimum Gasteiger partial charge on any atom is -0.381 e. The fraction of sp³-hybridized carbons (Fsp3) is 1.00. The minimum absolute atomic E-state index is 0.296. The fourth-order valence-corrected chi connectivity index (χ4v) is 5.32. The molecule has 4 aliphatic rings. The maximum absolute atomic E-state index is 6.39. The van der Waals surface area contributed by atoms with Crippen molar-refractivity contribution < 1.29 is 14.2 Å². The van der Waals surface area contributed by atoms with E-state index < -0.39 is 0 Å². The highest BCUT2D eigenvalue weighted by atomic mass is 16.5. The van der Waals surface area contributed by atoms with Crippen molar-refractivity contribution in [3.05, 3.63) is 0 Å². The van der Waals surface area contributed by atoms with E-state index in [9.17, 15) is 0 Å². The van der Waals surface area contributed by atoms with Gasteiger partial charge in [-0.05, 0) is 57.9 Å². The van der Waals surface area contributed by atoms with Crippen LogP contribution in [0.2, 0.25) is 0 Å². The SMILES string of the molecule is COC1CC2COCNCC[C@@H](C)OC3CCC4NNC(C(C1)N2)C4C3. The Hall–Kier alpha value is -0.280. The highest BCUT2D eigenvalue weighted by molar-refractivity contribution is 5.03. The minimum atomic E-state index is 0.296. The first-order valence-corrected chi connectivity index (χ1v) is 10.5. The van der Waals surface area contributed by atoms with E-state index in [1.807, 2.05) is 7.11 Å². The summed E-state index contributed by atoms with van der Waals surface area (Å²) in [6.45, 7) is 4.47. The van der Waals surface area contributed by atoms with Gasteiger partial charge in [0.2, 0.25) is 0 Å². The van der Waals surface area contributed by atoms with Crippen LogP contribution >= 0.6 is 0 Å². The van der Waals surface area contributed by atoms with Crippen LogP contribution in [-0.4, -0.2) is 69.5 Å². The molecule has 0 aromatic carbocycles. The number of nitrogens with one attached hydrogen (secondary N) is 4. The number of ether oxygens (including phenoxy) is 3. The first-order chi connectivity index (χ1) is 12.7. The van der Waals surface area contributed by atoms with E-state index >= 15 is 0 Å². The standard InChI is InChI=1S/C19H36N4O3/c1-12-5-6-20-11-25-10-13-7-15(24-2)9-18(21-13)19-16-8-14(26-12)3-4-17(16)22-23-19/h12-23H,3-11H2,1-2H3/t12-,13?,14?,15?,16?,17?,18?,19?/m1/s1. The molecule has 1 saturated carbocycles. The Bertz CT molecular complexity index is 455. The normalized spacial score (nSPS) is 47.8. The van der Waals surface area contributed by atoms with Crippen LogP contribution in [0.1, 0.15) is 45.4 Å². The molecular formula is C19H36N4O3. The Kier molecular flexibility index (Phi) is 6.46. The van der Waals surface area contributed by atoms with Crippen molar-refractivity contribution in [3.63, 3.8) is 0 Å². The second kappa shape index (κ2) is 8.82. The van der Waals surface area contributed by atoms with Crippen molar-refractivity contribution in [2.24, 2.45) is 5.92 Å². The van der Waals surface area contributed by atoms with Gasteiger partial charge in [0.25, 0.3) is 0 Å². The molecule has 150 valence electrons. The van der Waals surface area contributed by atoms with Gasteiger partial charge in [-0.3, -0.25) is 16.2 Å². The van der Waals surface area contributed by atoms with Crippen LogP contribution in [0.5, 0.6) is 0 Å². The summed E-state index contributed by atoms with van der Waals surface area (Å²) in [5, 5.41) is 7.23. The third-order valence-electron chi connectivity index (χ3n) is 6.70. The van der Waals surface area contributed by atoms with Crippen LogP contribution in [0.3, 0.4) is 0 Å². The van der Waals surface area contributed by atoms with E-state index in [0.29, 0.717) is 55.1 Å². The lowest BCUT2D eigenvalue weighted by Gasteiger charge is -2.41. The molecule has 3 heterocycles. The van der Waals surface area contributed by atoms with E-state index in [4.69, 9.17) is 14.2 Å². The highest BCUT2D eigenvalue weighted by Gasteiger charge is 2.46. The van der Waals surface area contributed by atoms with Crippen LogP contribution in [0.25, 0.3) is 0 Å². The zero-order valence-electron chi connectivity index (χ0n) is 16.2. The quantitative estimate of drug-likeness (QED) is 0.537. The zero-order chi connectivity index (χ0) is 17.9. The van der Waals surface area contributed by atoms with E-state index in [1.165, 1.54) is 6.42 Å². The van der Waals surface area contributed by atoms with E-state index in [0.717, 1.165) is 45.3 Å². The number of rotatable bonds is 1. The molecule has 7 unspecified atom stereocenters. The summed E-state index contributed by atoms with van der Waals surface area (Å²) in [6.07, 6.45) is 7.57. The molecule has 7 heteroatoms. The van der Waals surface area contributed by atoms with Crippen LogP contribution in [0.4, 0.5) is 0 Å². The molecule has 7 nitrogen and oxygen atoms in total. The number of piperidine rings is 1. The molecule has 0 amide bonds. The average molecular weight is 369 g/mol. The second-order valence-electron chi connectivity index (χ2n) is 8.57. The largest absolute Gasteiger partial charge is 0.381 e. The van der Waals surface area contributed by atoms with Crippen molar-refractivity contribution in [1.82, 2.24) is 21.5 Å². The number of hydrazine groups is 1. The number of hydrogen-bond acceptors (Lipinski definition) is 7. The van der Waals surface area contributed by atoms with Gasteiger partial charge < -0.3 is 19.5 Å². The molecule has 0 aromatic heterocycles. The van der Waals surface area contributed by atoms with Gasteiger partial charge in [-0.2, -0.15) is 0 Å². The number of methoxy groups -OCH3 is 1. The maximum Gasteiger partial charge on any atom is 0.0966 e. The zero-order valence-corrected chi connectivity index (χ0v) is 16.2. The predicted octanol–water partition coefficient (Wildman–Crippen LogP) is 0.508. The first kappa shape index (κ1) is 19.1.